The first-order valence-corrected chi connectivity index (χ1v) is 7.23. The topological polar surface area (TPSA) is 29.0 Å². The molecule has 20 heavy (non-hydrogen) atoms. The molecule has 1 fully saturated rings. The van der Waals surface area contributed by atoms with Crippen LogP contribution in [0, 0.1) is 0 Å². The fourth-order valence-electron chi connectivity index (χ4n) is 2.45. The minimum Gasteiger partial charge on any atom is -0.341 e. The van der Waals surface area contributed by atoms with Gasteiger partial charge >= 0.3 is 0 Å². The number of piperidine rings is 1. The number of anilines is 1. The summed E-state index contributed by atoms with van der Waals surface area (Å²) in [6.07, 6.45) is 9.79. The summed E-state index contributed by atoms with van der Waals surface area (Å²) in [5, 5.41) is 0. The monoisotopic (exact) mass is 265 g/mol. The molecular formula is C17H19N3. The highest BCUT2D eigenvalue weighted by atomic mass is 15.2. The van der Waals surface area contributed by atoms with E-state index in [1.54, 1.807) is 0 Å². The summed E-state index contributed by atoms with van der Waals surface area (Å²) in [6.45, 7) is 2.15. The Morgan fingerprint density at radius 2 is 1.70 bits per heavy atom. The molecule has 1 aliphatic rings. The largest absolute Gasteiger partial charge is 0.341 e. The molecule has 102 valence electrons. The molecule has 1 aliphatic heterocycles. The average molecular weight is 265 g/mol. The highest BCUT2D eigenvalue weighted by Gasteiger charge is 2.12. The minimum atomic E-state index is 0.861. The van der Waals surface area contributed by atoms with Gasteiger partial charge in [-0.1, -0.05) is 36.4 Å². The lowest BCUT2D eigenvalue weighted by Crippen LogP contribution is -2.31. The summed E-state index contributed by atoms with van der Waals surface area (Å²) in [5.74, 6) is 0.861. The number of rotatable bonds is 3. The first kappa shape index (κ1) is 12.9. The van der Waals surface area contributed by atoms with E-state index < -0.39 is 0 Å². The standard InChI is InChI=1S/C17H19N3/c1-3-7-15(8-4-1)9-10-16-11-12-18-17(19-16)20-13-5-2-6-14-20/h1,3-4,7-12H,2,5-6,13-14H2/b10-9+. The number of hydrogen-bond acceptors (Lipinski definition) is 3. The van der Waals surface area contributed by atoms with Crippen molar-refractivity contribution in [2.45, 2.75) is 19.3 Å². The van der Waals surface area contributed by atoms with E-state index in [2.05, 4.69) is 33.1 Å². The van der Waals surface area contributed by atoms with E-state index in [1.165, 1.54) is 24.8 Å². The fourth-order valence-corrected chi connectivity index (χ4v) is 2.45. The molecule has 0 atom stereocenters. The predicted octanol–water partition coefficient (Wildman–Crippen LogP) is 3.64. The molecule has 1 aromatic carbocycles. The van der Waals surface area contributed by atoms with Crippen LogP contribution in [0.5, 0.6) is 0 Å². The third kappa shape index (κ3) is 3.23. The number of benzene rings is 1. The molecule has 2 aromatic rings. The van der Waals surface area contributed by atoms with Gasteiger partial charge in [0.05, 0.1) is 5.69 Å². The van der Waals surface area contributed by atoms with Crippen LogP contribution in [0.1, 0.15) is 30.5 Å². The summed E-state index contributed by atoms with van der Waals surface area (Å²) < 4.78 is 0. The van der Waals surface area contributed by atoms with Gasteiger partial charge in [-0.25, -0.2) is 9.97 Å². The molecule has 1 aromatic heterocycles. The summed E-state index contributed by atoms with van der Waals surface area (Å²) >= 11 is 0. The second-order valence-electron chi connectivity index (χ2n) is 5.07. The van der Waals surface area contributed by atoms with Crippen LogP contribution < -0.4 is 4.90 Å². The van der Waals surface area contributed by atoms with Crippen molar-refractivity contribution in [3.63, 3.8) is 0 Å². The van der Waals surface area contributed by atoms with Gasteiger partial charge in [0, 0.05) is 19.3 Å². The zero-order chi connectivity index (χ0) is 13.6. The summed E-state index contributed by atoms with van der Waals surface area (Å²) in [5.41, 5.74) is 2.15. The van der Waals surface area contributed by atoms with Crippen molar-refractivity contribution in [1.82, 2.24) is 9.97 Å². The number of hydrogen-bond donors (Lipinski definition) is 0. The molecule has 0 bridgehead atoms. The van der Waals surface area contributed by atoms with Crippen molar-refractivity contribution in [2.75, 3.05) is 18.0 Å². The van der Waals surface area contributed by atoms with E-state index in [-0.39, 0.29) is 0 Å². The second-order valence-corrected chi connectivity index (χ2v) is 5.07. The number of aromatic nitrogens is 2. The van der Waals surface area contributed by atoms with Crippen LogP contribution in [-0.2, 0) is 0 Å². The maximum atomic E-state index is 4.64. The molecule has 0 N–H and O–H groups in total. The minimum absolute atomic E-state index is 0.861. The van der Waals surface area contributed by atoms with E-state index in [1.807, 2.05) is 36.5 Å². The van der Waals surface area contributed by atoms with Crippen LogP contribution >= 0.6 is 0 Å². The van der Waals surface area contributed by atoms with E-state index >= 15 is 0 Å². The van der Waals surface area contributed by atoms with Gasteiger partial charge in [-0.05, 0) is 37.0 Å². The molecule has 0 aliphatic carbocycles. The Kier molecular flexibility index (Phi) is 4.07. The molecule has 3 rings (SSSR count). The summed E-state index contributed by atoms with van der Waals surface area (Å²) in [6, 6.07) is 12.2. The van der Waals surface area contributed by atoms with Crippen molar-refractivity contribution in [3.8, 4) is 0 Å². The lowest BCUT2D eigenvalue weighted by atomic mass is 10.1. The van der Waals surface area contributed by atoms with E-state index in [0.717, 1.165) is 24.7 Å². The van der Waals surface area contributed by atoms with E-state index in [0.29, 0.717) is 0 Å². The van der Waals surface area contributed by atoms with Crippen LogP contribution in [0.2, 0.25) is 0 Å². The first-order valence-electron chi connectivity index (χ1n) is 7.23. The SMILES string of the molecule is C(=C\c1ccnc(N2CCCCC2)n1)/c1ccccc1. The molecule has 3 nitrogen and oxygen atoms in total. The van der Waals surface area contributed by atoms with Gasteiger partial charge in [0.15, 0.2) is 0 Å². The zero-order valence-electron chi connectivity index (χ0n) is 11.6. The third-order valence-electron chi connectivity index (χ3n) is 3.55. The molecule has 0 unspecified atom stereocenters. The lowest BCUT2D eigenvalue weighted by Gasteiger charge is -2.26. The van der Waals surface area contributed by atoms with Crippen LogP contribution in [0.3, 0.4) is 0 Å². The van der Waals surface area contributed by atoms with Gasteiger partial charge in [-0.15, -0.1) is 0 Å². The van der Waals surface area contributed by atoms with Crippen molar-refractivity contribution >= 4 is 18.1 Å². The molecule has 1 saturated heterocycles. The highest BCUT2D eigenvalue weighted by Crippen LogP contribution is 2.16. The summed E-state index contributed by atoms with van der Waals surface area (Å²) in [7, 11) is 0. The Hall–Kier alpha value is -2.16. The van der Waals surface area contributed by atoms with Crippen LogP contribution in [0.25, 0.3) is 12.2 Å². The third-order valence-corrected chi connectivity index (χ3v) is 3.55. The van der Waals surface area contributed by atoms with Gasteiger partial charge in [-0.2, -0.15) is 0 Å². The Labute approximate surface area is 120 Å². The van der Waals surface area contributed by atoms with Crippen LogP contribution in [0.4, 0.5) is 5.95 Å². The Bertz CT molecular complexity index is 572. The average Bonchev–Trinajstić information content (AvgIpc) is 2.55. The smallest absolute Gasteiger partial charge is 0.225 e. The van der Waals surface area contributed by atoms with Crippen molar-refractivity contribution in [3.05, 3.63) is 53.9 Å². The fraction of sp³-hybridized carbons (Fsp3) is 0.294. The van der Waals surface area contributed by atoms with E-state index in [4.69, 9.17) is 0 Å². The molecule has 0 spiro atoms. The van der Waals surface area contributed by atoms with Crippen LogP contribution in [-0.4, -0.2) is 23.1 Å². The molecule has 3 heteroatoms. The molecular weight excluding hydrogens is 246 g/mol. The van der Waals surface area contributed by atoms with Crippen molar-refractivity contribution in [1.29, 1.82) is 0 Å². The normalized spacial score (nSPS) is 15.7. The molecule has 2 heterocycles. The zero-order valence-corrected chi connectivity index (χ0v) is 11.6. The molecule has 0 saturated carbocycles. The Morgan fingerprint density at radius 1 is 0.900 bits per heavy atom. The second kappa shape index (κ2) is 6.33. The van der Waals surface area contributed by atoms with Gasteiger partial charge < -0.3 is 4.90 Å². The van der Waals surface area contributed by atoms with Gasteiger partial charge in [0.1, 0.15) is 0 Å². The Morgan fingerprint density at radius 3 is 2.50 bits per heavy atom. The first-order chi connectivity index (χ1) is 9.92. The van der Waals surface area contributed by atoms with Gasteiger partial charge in [0.2, 0.25) is 5.95 Å². The Balaban J connectivity index is 1.75. The van der Waals surface area contributed by atoms with Gasteiger partial charge in [0.25, 0.3) is 0 Å². The molecule has 0 amide bonds. The maximum Gasteiger partial charge on any atom is 0.225 e. The predicted molar refractivity (Wildman–Crippen MR) is 83.5 cm³/mol. The lowest BCUT2D eigenvalue weighted by molar-refractivity contribution is 0.568. The molecule has 0 radical (unpaired) electrons. The quantitative estimate of drug-likeness (QED) is 0.848. The van der Waals surface area contributed by atoms with Crippen molar-refractivity contribution < 1.29 is 0 Å². The van der Waals surface area contributed by atoms with E-state index in [9.17, 15) is 0 Å². The van der Waals surface area contributed by atoms with Gasteiger partial charge in [-0.3, -0.25) is 0 Å². The van der Waals surface area contributed by atoms with Crippen molar-refractivity contribution in [2.24, 2.45) is 0 Å². The highest BCUT2D eigenvalue weighted by molar-refractivity contribution is 5.68. The number of nitrogens with zero attached hydrogens (tertiary/aromatic N) is 3. The maximum absolute atomic E-state index is 4.64. The van der Waals surface area contributed by atoms with Crippen LogP contribution in [0.15, 0.2) is 42.6 Å². The summed E-state index contributed by atoms with van der Waals surface area (Å²) in [4.78, 5) is 11.3.